The Morgan fingerprint density at radius 1 is 1.39 bits per heavy atom. The third kappa shape index (κ3) is 3.75. The molecule has 0 bridgehead atoms. The number of nitrogen functional groups attached to an aromatic ring is 1. The Labute approximate surface area is 108 Å². The molecule has 0 fully saturated rings. The summed E-state index contributed by atoms with van der Waals surface area (Å²) < 4.78 is 25.5. The molecule has 1 aromatic rings. The molecule has 0 amide bonds. The molecule has 0 aliphatic rings. The summed E-state index contributed by atoms with van der Waals surface area (Å²) in [4.78, 5) is 0.101. The predicted octanol–water partition coefficient (Wildman–Crippen LogP) is 1.55. The van der Waals surface area contributed by atoms with Crippen LogP contribution in [0.5, 0.6) is 0 Å². The van der Waals surface area contributed by atoms with E-state index in [2.05, 4.69) is 16.1 Å². The fourth-order valence-electron chi connectivity index (χ4n) is 1.48. The predicted molar refractivity (Wildman–Crippen MR) is 75.0 cm³/mol. The summed E-state index contributed by atoms with van der Waals surface area (Å²) in [7, 11) is -2.13. The molecule has 18 heavy (non-hydrogen) atoms. The van der Waals surface area contributed by atoms with E-state index in [1.807, 2.05) is 13.0 Å². The molecule has 4 N–H and O–H groups in total. The van der Waals surface area contributed by atoms with Crippen molar-refractivity contribution >= 4 is 21.4 Å². The van der Waals surface area contributed by atoms with E-state index in [1.165, 1.54) is 13.1 Å². The van der Waals surface area contributed by atoms with Crippen LogP contribution in [0.4, 0.5) is 11.4 Å². The second kappa shape index (κ2) is 6.42. The normalized spacial score (nSPS) is 11.9. The molecule has 6 heteroatoms. The topological polar surface area (TPSA) is 84.2 Å². The number of benzene rings is 1. The van der Waals surface area contributed by atoms with Gasteiger partial charge in [-0.3, -0.25) is 0 Å². The Bertz CT molecular complexity index is 524. The molecule has 0 heterocycles. The Kier molecular flexibility index (Phi) is 5.18. The van der Waals surface area contributed by atoms with Gasteiger partial charge in [0.25, 0.3) is 0 Å². The lowest BCUT2D eigenvalue weighted by Gasteiger charge is -2.09. The molecular formula is C12H19N3O2S. The molecule has 0 aromatic heterocycles. The van der Waals surface area contributed by atoms with Crippen molar-refractivity contribution in [3.8, 4) is 0 Å². The molecule has 0 atom stereocenters. The van der Waals surface area contributed by atoms with Crippen LogP contribution in [0.2, 0.25) is 0 Å². The largest absolute Gasteiger partial charge is 0.398 e. The average molecular weight is 269 g/mol. The Morgan fingerprint density at radius 2 is 2.11 bits per heavy atom. The minimum absolute atomic E-state index is 0.101. The number of anilines is 2. The number of allylic oxidation sites excluding steroid dienone is 1. The van der Waals surface area contributed by atoms with Gasteiger partial charge in [0, 0.05) is 12.2 Å². The number of hydrogen-bond donors (Lipinski definition) is 3. The quantitative estimate of drug-likeness (QED) is 0.415. The third-order valence-corrected chi connectivity index (χ3v) is 3.93. The lowest BCUT2D eigenvalue weighted by Crippen LogP contribution is -2.20. The first-order valence-corrected chi connectivity index (χ1v) is 7.17. The first-order valence-electron chi connectivity index (χ1n) is 5.69. The van der Waals surface area contributed by atoms with Crippen molar-refractivity contribution in [1.29, 1.82) is 0 Å². The van der Waals surface area contributed by atoms with E-state index in [-0.39, 0.29) is 10.6 Å². The summed E-state index contributed by atoms with van der Waals surface area (Å²) in [5.41, 5.74) is 6.79. The summed E-state index contributed by atoms with van der Waals surface area (Å²) in [6, 6.07) is 4.83. The van der Waals surface area contributed by atoms with Gasteiger partial charge in [0.05, 0.1) is 5.69 Å². The van der Waals surface area contributed by atoms with E-state index in [1.54, 1.807) is 12.1 Å². The monoisotopic (exact) mass is 269 g/mol. The minimum Gasteiger partial charge on any atom is -0.398 e. The Hall–Kier alpha value is -1.53. The maximum absolute atomic E-state index is 11.6. The lowest BCUT2D eigenvalue weighted by molar-refractivity contribution is 0.588. The van der Waals surface area contributed by atoms with Crippen LogP contribution in [0, 0.1) is 0 Å². The number of sulfonamides is 1. The Balaban J connectivity index is 2.80. The van der Waals surface area contributed by atoms with Crippen molar-refractivity contribution in [3.05, 3.63) is 30.4 Å². The second-order valence-electron chi connectivity index (χ2n) is 3.74. The molecule has 0 aliphatic heterocycles. The van der Waals surface area contributed by atoms with Crippen LogP contribution in [0.15, 0.2) is 35.2 Å². The van der Waals surface area contributed by atoms with Gasteiger partial charge in [-0.1, -0.05) is 12.2 Å². The van der Waals surface area contributed by atoms with Crippen LogP contribution in [0.1, 0.15) is 13.3 Å². The summed E-state index contributed by atoms with van der Waals surface area (Å²) in [6.45, 7) is 2.75. The minimum atomic E-state index is -3.49. The zero-order valence-corrected chi connectivity index (χ0v) is 11.4. The molecule has 0 spiro atoms. The lowest BCUT2D eigenvalue weighted by atomic mass is 10.2. The molecule has 5 nitrogen and oxygen atoms in total. The summed E-state index contributed by atoms with van der Waals surface area (Å²) in [5, 5.41) is 3.17. The second-order valence-corrected chi connectivity index (χ2v) is 5.60. The van der Waals surface area contributed by atoms with Gasteiger partial charge in [-0.2, -0.15) is 0 Å². The van der Waals surface area contributed by atoms with Crippen LogP contribution in [0.25, 0.3) is 0 Å². The summed E-state index contributed by atoms with van der Waals surface area (Å²) in [6.07, 6.45) is 4.95. The van der Waals surface area contributed by atoms with Gasteiger partial charge in [-0.25, -0.2) is 13.1 Å². The summed E-state index contributed by atoms with van der Waals surface area (Å²) in [5.74, 6) is 0. The zero-order chi connectivity index (χ0) is 13.6. The standard InChI is InChI=1S/C12H19N3O2S/c1-3-4-5-8-15-10-6-7-12(11(13)9-10)18(16,17)14-2/h3-4,6-7,9,14-15H,5,8,13H2,1-2H3/b4-3+. The first-order chi connectivity index (χ1) is 8.51. The molecule has 100 valence electrons. The molecular weight excluding hydrogens is 250 g/mol. The molecule has 0 saturated carbocycles. The number of hydrogen-bond acceptors (Lipinski definition) is 4. The zero-order valence-electron chi connectivity index (χ0n) is 10.6. The van der Waals surface area contributed by atoms with Crippen LogP contribution < -0.4 is 15.8 Å². The number of nitrogens with one attached hydrogen (secondary N) is 2. The van der Waals surface area contributed by atoms with E-state index < -0.39 is 10.0 Å². The van der Waals surface area contributed by atoms with Crippen LogP contribution >= 0.6 is 0 Å². The highest BCUT2D eigenvalue weighted by molar-refractivity contribution is 7.89. The van der Waals surface area contributed by atoms with Gasteiger partial charge in [0.2, 0.25) is 10.0 Å². The Morgan fingerprint density at radius 3 is 2.67 bits per heavy atom. The van der Waals surface area contributed by atoms with E-state index in [0.717, 1.165) is 18.7 Å². The molecule has 0 radical (unpaired) electrons. The van der Waals surface area contributed by atoms with Crippen LogP contribution in [-0.2, 0) is 10.0 Å². The van der Waals surface area contributed by atoms with Crippen molar-refractivity contribution in [3.63, 3.8) is 0 Å². The fraction of sp³-hybridized carbons (Fsp3) is 0.333. The van der Waals surface area contributed by atoms with Crippen molar-refractivity contribution in [2.24, 2.45) is 0 Å². The molecule has 0 aliphatic carbocycles. The van der Waals surface area contributed by atoms with Crippen LogP contribution in [-0.4, -0.2) is 22.0 Å². The summed E-state index contributed by atoms with van der Waals surface area (Å²) >= 11 is 0. The highest BCUT2D eigenvalue weighted by Crippen LogP contribution is 2.22. The number of rotatable bonds is 6. The van der Waals surface area contributed by atoms with Gasteiger partial charge in [-0.15, -0.1) is 0 Å². The van der Waals surface area contributed by atoms with Gasteiger partial charge < -0.3 is 11.1 Å². The van der Waals surface area contributed by atoms with Gasteiger partial charge in [0.15, 0.2) is 0 Å². The highest BCUT2D eigenvalue weighted by Gasteiger charge is 2.14. The molecule has 0 saturated heterocycles. The van der Waals surface area contributed by atoms with E-state index >= 15 is 0 Å². The van der Waals surface area contributed by atoms with Crippen molar-refractivity contribution in [2.75, 3.05) is 24.6 Å². The van der Waals surface area contributed by atoms with Crippen molar-refractivity contribution in [1.82, 2.24) is 4.72 Å². The number of nitrogens with two attached hydrogens (primary N) is 1. The smallest absolute Gasteiger partial charge is 0.242 e. The van der Waals surface area contributed by atoms with Crippen molar-refractivity contribution in [2.45, 2.75) is 18.2 Å². The SMILES string of the molecule is C/C=C/CCNc1ccc(S(=O)(=O)NC)c(N)c1. The maximum Gasteiger partial charge on any atom is 0.242 e. The van der Waals surface area contributed by atoms with Gasteiger partial charge in [0.1, 0.15) is 4.90 Å². The van der Waals surface area contributed by atoms with Crippen LogP contribution in [0.3, 0.4) is 0 Å². The fourth-order valence-corrected chi connectivity index (χ4v) is 2.32. The van der Waals surface area contributed by atoms with Crippen molar-refractivity contribution < 1.29 is 8.42 Å². The van der Waals surface area contributed by atoms with E-state index in [0.29, 0.717) is 0 Å². The van der Waals surface area contributed by atoms with Gasteiger partial charge >= 0.3 is 0 Å². The molecule has 1 aromatic carbocycles. The first kappa shape index (κ1) is 14.5. The average Bonchev–Trinajstić information content (AvgIpc) is 2.34. The van der Waals surface area contributed by atoms with Gasteiger partial charge in [-0.05, 0) is 38.6 Å². The van der Waals surface area contributed by atoms with E-state index in [4.69, 9.17) is 5.73 Å². The third-order valence-electron chi connectivity index (χ3n) is 2.44. The molecule has 1 rings (SSSR count). The van der Waals surface area contributed by atoms with E-state index in [9.17, 15) is 8.42 Å². The highest BCUT2D eigenvalue weighted by atomic mass is 32.2. The maximum atomic E-state index is 11.6. The molecule has 0 unspecified atom stereocenters.